The molecular weight excluding hydrogens is 530 g/mol. The molecule has 0 aliphatic carbocycles. The van der Waals surface area contributed by atoms with Crippen molar-refractivity contribution >= 4 is 23.5 Å². The monoisotopic (exact) mass is 575 g/mol. The number of nitrogens with one attached hydrogen (secondary N) is 2. The molecule has 13 heteroatoms. The first-order valence-electron chi connectivity index (χ1n) is 14.2. The number of likely N-dealkylation sites (N-methyl/N-ethyl adjacent to an activating group) is 1. The number of carboxylic acids is 1. The van der Waals surface area contributed by atoms with Crippen molar-refractivity contribution < 1.29 is 24.1 Å². The number of hydrogen-bond donors (Lipinski definition) is 3. The fraction of sp³-hybridized carbons (Fsp3) is 0.679. The first kappa shape index (κ1) is 33.6. The number of carbonyl (C=O) groups excluding carboxylic acids is 2. The van der Waals surface area contributed by atoms with Crippen LogP contribution in [0.15, 0.2) is 15.6 Å². The second-order valence-corrected chi connectivity index (χ2v) is 11.4. The second-order valence-electron chi connectivity index (χ2n) is 11.4. The van der Waals surface area contributed by atoms with E-state index in [1.165, 1.54) is 4.57 Å². The summed E-state index contributed by atoms with van der Waals surface area (Å²) in [6.45, 7) is 12.2. The number of Topliss-reactive ketones (excluding diaryl/α,β-unsaturated/α-hetero) is 1. The molecule has 2 aromatic rings. The van der Waals surface area contributed by atoms with E-state index >= 15 is 0 Å². The molecule has 0 radical (unpaired) electrons. The van der Waals surface area contributed by atoms with E-state index in [9.17, 15) is 24.3 Å². The average Bonchev–Trinajstić information content (AvgIpc) is 3.30. The number of carbonyl (C=O) groups is 3. The molecule has 1 amide bonds. The lowest BCUT2D eigenvalue weighted by Crippen LogP contribution is -2.49. The number of nitrogens with zero attached hydrogens (tertiary/aromatic N) is 5. The summed E-state index contributed by atoms with van der Waals surface area (Å²) in [5.74, 6) is -2.20. The van der Waals surface area contributed by atoms with Gasteiger partial charge in [-0.2, -0.15) is 0 Å². The number of ketones is 1. The number of aryl methyl sites for hydroxylation is 1. The third-order valence-electron chi connectivity index (χ3n) is 6.80. The van der Waals surface area contributed by atoms with E-state index in [2.05, 4.69) is 32.9 Å². The standard InChI is InChI=1S/C28H45N7O6/c1-8-10-11-12-13-34(7)16-22(36)19(14-24(37)38)30-26(39)21(9-2)35-17-23(28(4,5)6)31-25(27(35)40)29-15-20-18(3)32-41-33-20/h17,19,21H,8-16H2,1-7H3,(H,29,31)(H,30,39)(H,37,38)/t19?,21-/m0/s1. The minimum atomic E-state index is -1.23. The van der Waals surface area contributed by atoms with Crippen molar-refractivity contribution in [3.63, 3.8) is 0 Å². The fourth-order valence-corrected chi connectivity index (χ4v) is 4.26. The summed E-state index contributed by atoms with van der Waals surface area (Å²) in [7, 11) is 1.80. The molecule has 3 N–H and O–H groups in total. The number of anilines is 1. The van der Waals surface area contributed by atoms with Crippen molar-refractivity contribution in [2.24, 2.45) is 0 Å². The number of unbranched alkanes of at least 4 members (excludes halogenated alkanes) is 3. The van der Waals surface area contributed by atoms with Crippen LogP contribution in [0.3, 0.4) is 0 Å². The summed E-state index contributed by atoms with van der Waals surface area (Å²) >= 11 is 0. The molecule has 41 heavy (non-hydrogen) atoms. The molecule has 2 aromatic heterocycles. The van der Waals surface area contributed by atoms with Gasteiger partial charge in [-0.1, -0.05) is 64.2 Å². The van der Waals surface area contributed by atoms with Crippen LogP contribution in [0.1, 0.15) is 96.3 Å². The first-order chi connectivity index (χ1) is 19.3. The largest absolute Gasteiger partial charge is 0.481 e. The van der Waals surface area contributed by atoms with Crippen LogP contribution in [0, 0.1) is 6.92 Å². The van der Waals surface area contributed by atoms with Gasteiger partial charge in [0.15, 0.2) is 11.6 Å². The molecule has 13 nitrogen and oxygen atoms in total. The van der Waals surface area contributed by atoms with E-state index in [0.29, 0.717) is 23.6 Å². The Kier molecular flexibility index (Phi) is 12.6. The van der Waals surface area contributed by atoms with Crippen LogP contribution in [0.5, 0.6) is 0 Å². The highest BCUT2D eigenvalue weighted by Crippen LogP contribution is 2.22. The van der Waals surface area contributed by atoms with Gasteiger partial charge >= 0.3 is 5.97 Å². The Hall–Kier alpha value is -3.61. The number of amides is 1. The molecule has 0 aromatic carbocycles. The Morgan fingerprint density at radius 2 is 1.85 bits per heavy atom. The predicted molar refractivity (Wildman–Crippen MR) is 154 cm³/mol. The summed E-state index contributed by atoms with van der Waals surface area (Å²) in [6, 6.07) is -2.23. The lowest BCUT2D eigenvalue weighted by atomic mass is 9.92. The van der Waals surface area contributed by atoms with Gasteiger partial charge in [0.2, 0.25) is 5.91 Å². The number of rotatable bonds is 17. The Balaban J connectivity index is 2.31. The Morgan fingerprint density at radius 3 is 2.41 bits per heavy atom. The zero-order chi connectivity index (χ0) is 30.7. The van der Waals surface area contributed by atoms with Crippen LogP contribution in [-0.2, 0) is 26.3 Å². The molecule has 0 fully saturated rings. The van der Waals surface area contributed by atoms with Crippen LogP contribution in [0.4, 0.5) is 5.82 Å². The van der Waals surface area contributed by atoms with Crippen LogP contribution in [0.25, 0.3) is 0 Å². The lowest BCUT2D eigenvalue weighted by molar-refractivity contribution is -0.140. The highest BCUT2D eigenvalue weighted by molar-refractivity contribution is 5.93. The molecule has 0 saturated heterocycles. The van der Waals surface area contributed by atoms with Gasteiger partial charge in [-0.25, -0.2) is 9.61 Å². The molecular formula is C28H45N7O6. The van der Waals surface area contributed by atoms with Crippen molar-refractivity contribution in [3.05, 3.63) is 33.6 Å². The molecule has 0 bridgehead atoms. The Bertz CT molecular complexity index is 1230. The van der Waals surface area contributed by atoms with Gasteiger partial charge in [0.25, 0.3) is 5.56 Å². The molecule has 2 atom stereocenters. The quantitative estimate of drug-likeness (QED) is 0.237. The second kappa shape index (κ2) is 15.4. The maximum atomic E-state index is 13.5. The molecule has 0 saturated carbocycles. The van der Waals surface area contributed by atoms with Crippen molar-refractivity contribution in [2.45, 2.75) is 104 Å². The van der Waals surface area contributed by atoms with Crippen LogP contribution < -0.4 is 16.2 Å². The minimum Gasteiger partial charge on any atom is -0.481 e. The van der Waals surface area contributed by atoms with Crippen molar-refractivity contribution in [2.75, 3.05) is 25.5 Å². The summed E-state index contributed by atoms with van der Waals surface area (Å²) in [6.07, 6.45) is 5.39. The maximum Gasteiger partial charge on any atom is 0.305 e. The normalized spacial score (nSPS) is 13.2. The number of hydrogen-bond acceptors (Lipinski definition) is 10. The number of aliphatic carboxylic acids is 1. The molecule has 2 rings (SSSR count). The summed E-state index contributed by atoms with van der Waals surface area (Å²) < 4.78 is 6.01. The number of aromatic nitrogens is 4. The molecule has 0 aliphatic rings. The van der Waals surface area contributed by atoms with E-state index in [1.807, 2.05) is 25.7 Å². The summed E-state index contributed by atoms with van der Waals surface area (Å²) in [5.41, 5.74) is 0.631. The Morgan fingerprint density at radius 1 is 1.15 bits per heavy atom. The third-order valence-corrected chi connectivity index (χ3v) is 6.80. The summed E-state index contributed by atoms with van der Waals surface area (Å²) in [5, 5.41) is 22.6. The first-order valence-corrected chi connectivity index (χ1v) is 14.2. The molecule has 0 spiro atoms. The smallest absolute Gasteiger partial charge is 0.305 e. The van der Waals surface area contributed by atoms with Gasteiger partial charge < -0.3 is 15.7 Å². The highest BCUT2D eigenvalue weighted by atomic mass is 16.6. The van der Waals surface area contributed by atoms with Gasteiger partial charge in [-0.05, 0) is 33.4 Å². The van der Waals surface area contributed by atoms with Gasteiger partial charge in [0.05, 0.1) is 31.2 Å². The predicted octanol–water partition coefficient (Wildman–Crippen LogP) is 2.84. The fourth-order valence-electron chi connectivity index (χ4n) is 4.26. The average molecular weight is 576 g/mol. The van der Waals surface area contributed by atoms with E-state index in [-0.39, 0.29) is 25.3 Å². The van der Waals surface area contributed by atoms with Gasteiger partial charge in [-0.3, -0.25) is 28.6 Å². The zero-order valence-corrected chi connectivity index (χ0v) is 25.3. The molecule has 1 unspecified atom stereocenters. The topological polar surface area (TPSA) is 173 Å². The maximum absolute atomic E-state index is 13.5. The minimum absolute atomic E-state index is 0.00884. The zero-order valence-electron chi connectivity index (χ0n) is 25.3. The van der Waals surface area contributed by atoms with E-state index in [4.69, 9.17) is 4.63 Å². The van der Waals surface area contributed by atoms with Crippen LogP contribution in [0.2, 0.25) is 0 Å². The van der Waals surface area contributed by atoms with Gasteiger partial charge in [0, 0.05) is 11.6 Å². The van der Waals surface area contributed by atoms with E-state index < -0.39 is 47.1 Å². The van der Waals surface area contributed by atoms with Crippen molar-refractivity contribution in [3.8, 4) is 0 Å². The summed E-state index contributed by atoms with van der Waals surface area (Å²) in [4.78, 5) is 58.0. The van der Waals surface area contributed by atoms with E-state index in [0.717, 1.165) is 25.7 Å². The third kappa shape index (κ3) is 10.1. The van der Waals surface area contributed by atoms with Crippen LogP contribution >= 0.6 is 0 Å². The van der Waals surface area contributed by atoms with Crippen molar-refractivity contribution in [1.82, 2.24) is 30.1 Å². The van der Waals surface area contributed by atoms with Crippen LogP contribution in [-0.4, -0.2) is 73.7 Å². The lowest BCUT2D eigenvalue weighted by Gasteiger charge is -2.26. The Labute approximate surface area is 241 Å². The SMILES string of the molecule is CCCCCCN(C)CC(=O)C(CC(=O)O)NC(=O)[C@H](CC)n1cc(C(C)(C)C)nc(NCc2nonc2C)c1=O. The molecule has 228 valence electrons. The highest BCUT2D eigenvalue weighted by Gasteiger charge is 2.30. The molecule has 2 heterocycles. The van der Waals surface area contributed by atoms with Gasteiger partial charge in [-0.15, -0.1) is 0 Å². The van der Waals surface area contributed by atoms with Gasteiger partial charge in [0.1, 0.15) is 17.4 Å². The number of carboxylic acid groups (broad SMARTS) is 1. The van der Waals surface area contributed by atoms with Crippen molar-refractivity contribution in [1.29, 1.82) is 0 Å². The molecule has 0 aliphatic heterocycles. The van der Waals surface area contributed by atoms with E-state index in [1.54, 1.807) is 27.1 Å².